The van der Waals surface area contributed by atoms with E-state index in [-0.39, 0.29) is 16.6 Å². The number of sulfone groups is 1. The minimum Gasteiger partial charge on any atom is -0.355 e. The number of hydrogen-bond acceptors (Lipinski definition) is 5. The zero-order chi connectivity index (χ0) is 17.6. The first-order valence-electron chi connectivity index (χ1n) is 8.07. The Bertz CT molecular complexity index is 643. The molecule has 0 saturated carbocycles. The number of rotatable bonds is 7. The molecule has 1 aromatic rings. The fourth-order valence-corrected chi connectivity index (χ4v) is 4.14. The van der Waals surface area contributed by atoms with Crippen LogP contribution in [0, 0.1) is 11.7 Å². The second-order valence-electron chi connectivity index (χ2n) is 6.02. The van der Waals surface area contributed by atoms with Gasteiger partial charge in [0.15, 0.2) is 9.84 Å². The molecule has 1 atom stereocenters. The summed E-state index contributed by atoms with van der Waals surface area (Å²) in [6.45, 7) is 6.63. The first-order chi connectivity index (χ1) is 11.4. The fraction of sp³-hybridized carbons (Fsp3) is 0.562. The summed E-state index contributed by atoms with van der Waals surface area (Å²) in [4.78, 5) is 14.4. The van der Waals surface area contributed by atoms with Crippen molar-refractivity contribution in [2.45, 2.75) is 11.8 Å². The van der Waals surface area contributed by atoms with Crippen LogP contribution in [-0.4, -0.2) is 64.2 Å². The van der Waals surface area contributed by atoms with Crippen molar-refractivity contribution in [1.29, 1.82) is 0 Å². The Morgan fingerprint density at radius 1 is 1.29 bits per heavy atom. The first kappa shape index (κ1) is 18.8. The molecular formula is C16H24FN3O3S. The molecule has 0 aliphatic carbocycles. The van der Waals surface area contributed by atoms with Crippen molar-refractivity contribution in [1.82, 2.24) is 15.5 Å². The van der Waals surface area contributed by atoms with Gasteiger partial charge in [-0.2, -0.15) is 0 Å². The standard InChI is InChI=1S/C16H24FN3O3S/c1-13(12-24(22,23)15-4-2-14(17)3-5-15)16(21)19-8-11-20-9-6-18-7-10-20/h2-5,13,18H,6-12H2,1H3,(H,19,21). The molecule has 1 aliphatic heterocycles. The fourth-order valence-electron chi connectivity index (χ4n) is 2.59. The summed E-state index contributed by atoms with van der Waals surface area (Å²) in [6, 6.07) is 4.65. The Labute approximate surface area is 142 Å². The highest BCUT2D eigenvalue weighted by atomic mass is 32.2. The maximum absolute atomic E-state index is 12.9. The molecule has 0 spiro atoms. The Morgan fingerprint density at radius 2 is 1.92 bits per heavy atom. The molecule has 1 heterocycles. The number of nitrogens with zero attached hydrogens (tertiary/aromatic N) is 1. The van der Waals surface area contributed by atoms with E-state index in [1.165, 1.54) is 12.1 Å². The topological polar surface area (TPSA) is 78.5 Å². The molecule has 134 valence electrons. The molecule has 1 fully saturated rings. The Hall–Kier alpha value is -1.51. The van der Waals surface area contributed by atoms with Gasteiger partial charge in [0, 0.05) is 45.2 Å². The summed E-state index contributed by atoms with van der Waals surface area (Å²) in [7, 11) is -3.61. The monoisotopic (exact) mass is 357 g/mol. The third kappa shape index (κ3) is 5.54. The molecule has 2 rings (SSSR count). The summed E-state index contributed by atoms with van der Waals surface area (Å²) in [5.41, 5.74) is 0. The van der Waals surface area contributed by atoms with Crippen LogP contribution in [0.25, 0.3) is 0 Å². The third-order valence-corrected chi connectivity index (χ3v) is 5.96. The quantitative estimate of drug-likeness (QED) is 0.685. The molecule has 0 radical (unpaired) electrons. The lowest BCUT2D eigenvalue weighted by Gasteiger charge is -2.27. The van der Waals surface area contributed by atoms with Crippen molar-refractivity contribution in [3.63, 3.8) is 0 Å². The highest BCUT2D eigenvalue weighted by molar-refractivity contribution is 7.91. The number of amides is 1. The number of halogens is 1. The average Bonchev–Trinajstić information content (AvgIpc) is 2.55. The van der Waals surface area contributed by atoms with Crippen molar-refractivity contribution in [3.8, 4) is 0 Å². The van der Waals surface area contributed by atoms with Gasteiger partial charge in [0.2, 0.25) is 5.91 Å². The van der Waals surface area contributed by atoms with Crippen LogP contribution < -0.4 is 10.6 Å². The number of carbonyl (C=O) groups is 1. The Kier molecular flexibility index (Phi) is 6.70. The second-order valence-corrected chi connectivity index (χ2v) is 8.05. The van der Waals surface area contributed by atoms with E-state index in [4.69, 9.17) is 0 Å². The minimum absolute atomic E-state index is 0.0318. The van der Waals surface area contributed by atoms with E-state index in [1.807, 2.05) is 0 Å². The predicted molar refractivity (Wildman–Crippen MR) is 89.9 cm³/mol. The SMILES string of the molecule is CC(CS(=O)(=O)c1ccc(F)cc1)C(=O)NCCN1CCNCC1. The molecular weight excluding hydrogens is 333 g/mol. The van der Waals surface area contributed by atoms with Crippen LogP contribution in [0.4, 0.5) is 4.39 Å². The molecule has 1 aliphatic rings. The summed E-state index contributed by atoms with van der Waals surface area (Å²) < 4.78 is 37.4. The van der Waals surface area contributed by atoms with Crippen LogP contribution in [0.5, 0.6) is 0 Å². The van der Waals surface area contributed by atoms with Gasteiger partial charge in [0.1, 0.15) is 5.82 Å². The number of piperazine rings is 1. The van der Waals surface area contributed by atoms with E-state index in [1.54, 1.807) is 6.92 Å². The molecule has 24 heavy (non-hydrogen) atoms. The van der Waals surface area contributed by atoms with Crippen LogP contribution in [0.3, 0.4) is 0 Å². The van der Waals surface area contributed by atoms with E-state index in [0.29, 0.717) is 6.54 Å². The van der Waals surface area contributed by atoms with Crippen LogP contribution in [0.2, 0.25) is 0 Å². The van der Waals surface area contributed by atoms with E-state index in [2.05, 4.69) is 15.5 Å². The highest BCUT2D eigenvalue weighted by Crippen LogP contribution is 2.15. The summed E-state index contributed by atoms with van der Waals surface area (Å²) in [5.74, 6) is -1.73. The summed E-state index contributed by atoms with van der Waals surface area (Å²) in [6.07, 6.45) is 0. The molecule has 6 nitrogen and oxygen atoms in total. The van der Waals surface area contributed by atoms with Gasteiger partial charge in [0.25, 0.3) is 0 Å². The van der Waals surface area contributed by atoms with E-state index in [9.17, 15) is 17.6 Å². The maximum Gasteiger partial charge on any atom is 0.223 e. The summed E-state index contributed by atoms with van der Waals surface area (Å²) in [5, 5.41) is 6.05. The molecule has 0 bridgehead atoms. The van der Waals surface area contributed by atoms with Gasteiger partial charge >= 0.3 is 0 Å². The van der Waals surface area contributed by atoms with Gasteiger partial charge in [-0.3, -0.25) is 9.69 Å². The van der Waals surface area contributed by atoms with Crippen molar-refractivity contribution in [2.75, 3.05) is 45.0 Å². The van der Waals surface area contributed by atoms with E-state index in [0.717, 1.165) is 44.9 Å². The molecule has 2 N–H and O–H groups in total. The molecule has 1 saturated heterocycles. The lowest BCUT2D eigenvalue weighted by Crippen LogP contribution is -2.46. The highest BCUT2D eigenvalue weighted by Gasteiger charge is 2.23. The van der Waals surface area contributed by atoms with Crippen molar-refractivity contribution < 1.29 is 17.6 Å². The van der Waals surface area contributed by atoms with Crippen molar-refractivity contribution >= 4 is 15.7 Å². The van der Waals surface area contributed by atoms with Gasteiger partial charge in [-0.05, 0) is 24.3 Å². The number of benzene rings is 1. The minimum atomic E-state index is -3.61. The van der Waals surface area contributed by atoms with Crippen LogP contribution in [0.1, 0.15) is 6.92 Å². The first-order valence-corrected chi connectivity index (χ1v) is 9.73. The molecule has 1 amide bonds. The number of carbonyl (C=O) groups excluding carboxylic acids is 1. The van der Waals surface area contributed by atoms with Gasteiger partial charge in [-0.15, -0.1) is 0 Å². The smallest absolute Gasteiger partial charge is 0.223 e. The van der Waals surface area contributed by atoms with Crippen molar-refractivity contribution in [2.24, 2.45) is 5.92 Å². The zero-order valence-corrected chi connectivity index (χ0v) is 14.6. The molecule has 8 heteroatoms. The third-order valence-electron chi connectivity index (χ3n) is 4.03. The lowest BCUT2D eigenvalue weighted by molar-refractivity contribution is -0.123. The normalized spacial score (nSPS) is 17.4. The van der Waals surface area contributed by atoms with Crippen LogP contribution in [-0.2, 0) is 14.6 Å². The number of nitrogens with one attached hydrogen (secondary N) is 2. The predicted octanol–water partition coefficient (Wildman–Crippen LogP) is 0.257. The van der Waals surface area contributed by atoms with E-state index < -0.39 is 21.6 Å². The average molecular weight is 357 g/mol. The van der Waals surface area contributed by atoms with E-state index >= 15 is 0 Å². The van der Waals surface area contributed by atoms with Gasteiger partial charge < -0.3 is 10.6 Å². The van der Waals surface area contributed by atoms with Crippen molar-refractivity contribution in [3.05, 3.63) is 30.1 Å². The van der Waals surface area contributed by atoms with Crippen LogP contribution >= 0.6 is 0 Å². The summed E-state index contributed by atoms with van der Waals surface area (Å²) >= 11 is 0. The Balaban J connectivity index is 1.80. The maximum atomic E-state index is 12.9. The van der Waals surface area contributed by atoms with Gasteiger partial charge in [-0.25, -0.2) is 12.8 Å². The second kappa shape index (κ2) is 8.55. The molecule has 1 aromatic carbocycles. The van der Waals surface area contributed by atoms with Crippen LogP contribution in [0.15, 0.2) is 29.2 Å². The van der Waals surface area contributed by atoms with Gasteiger partial charge in [-0.1, -0.05) is 6.92 Å². The lowest BCUT2D eigenvalue weighted by atomic mass is 10.2. The molecule has 1 unspecified atom stereocenters. The zero-order valence-electron chi connectivity index (χ0n) is 13.8. The Morgan fingerprint density at radius 3 is 2.54 bits per heavy atom. The largest absolute Gasteiger partial charge is 0.355 e. The number of hydrogen-bond donors (Lipinski definition) is 2. The molecule has 0 aromatic heterocycles. The van der Waals surface area contributed by atoms with Gasteiger partial charge in [0.05, 0.1) is 10.6 Å².